The summed E-state index contributed by atoms with van der Waals surface area (Å²) in [5.74, 6) is 0.751. The number of hydrogen-bond donors (Lipinski definition) is 0. The van der Waals surface area contributed by atoms with Crippen molar-refractivity contribution in [2.75, 3.05) is 26.2 Å². The van der Waals surface area contributed by atoms with Gasteiger partial charge in [-0.3, -0.25) is 4.79 Å². The summed E-state index contributed by atoms with van der Waals surface area (Å²) in [5, 5.41) is 3.69. The molecular formula is C22H24N2O4S3. The highest BCUT2D eigenvalue weighted by Gasteiger charge is 2.31. The first-order chi connectivity index (χ1) is 14.8. The van der Waals surface area contributed by atoms with Gasteiger partial charge in [0.15, 0.2) is 0 Å². The summed E-state index contributed by atoms with van der Waals surface area (Å²) >= 11 is 2.61. The van der Waals surface area contributed by atoms with Crippen LogP contribution in [0.2, 0.25) is 0 Å². The summed E-state index contributed by atoms with van der Waals surface area (Å²) < 4.78 is 33.0. The lowest BCUT2D eigenvalue weighted by molar-refractivity contribution is 0.0703. The van der Waals surface area contributed by atoms with Crippen LogP contribution in [-0.4, -0.2) is 49.7 Å². The van der Waals surface area contributed by atoms with Crippen molar-refractivity contribution >= 4 is 38.6 Å². The Balaban J connectivity index is 1.33. The molecule has 0 aliphatic carbocycles. The lowest BCUT2D eigenvalue weighted by Gasteiger charge is -2.33. The van der Waals surface area contributed by atoms with Gasteiger partial charge in [0, 0.05) is 31.7 Å². The molecule has 0 spiro atoms. The highest BCUT2D eigenvalue weighted by atomic mass is 32.2. The van der Waals surface area contributed by atoms with Gasteiger partial charge in [-0.25, -0.2) is 8.42 Å². The third kappa shape index (κ3) is 4.85. The minimum atomic E-state index is -3.47. The lowest BCUT2D eigenvalue weighted by atomic mass is 10.1. The van der Waals surface area contributed by atoms with E-state index in [0.717, 1.165) is 11.3 Å². The van der Waals surface area contributed by atoms with Gasteiger partial charge in [-0.05, 0) is 60.0 Å². The first-order valence-corrected chi connectivity index (χ1v) is 13.1. The van der Waals surface area contributed by atoms with Gasteiger partial charge in [0.05, 0.1) is 4.88 Å². The molecule has 4 rings (SSSR count). The summed E-state index contributed by atoms with van der Waals surface area (Å²) in [6.07, 6.45) is 0. The number of benzene rings is 1. The van der Waals surface area contributed by atoms with E-state index in [1.54, 1.807) is 22.4 Å². The van der Waals surface area contributed by atoms with Crippen molar-refractivity contribution in [3.63, 3.8) is 0 Å². The van der Waals surface area contributed by atoms with Crippen molar-refractivity contribution < 1.29 is 17.9 Å². The van der Waals surface area contributed by atoms with Gasteiger partial charge in [-0.1, -0.05) is 12.1 Å². The first-order valence-electron chi connectivity index (χ1n) is 9.95. The average Bonchev–Trinajstić information content (AvgIpc) is 3.47. The Morgan fingerprint density at radius 1 is 1.03 bits per heavy atom. The second-order valence-electron chi connectivity index (χ2n) is 7.48. The molecule has 1 aliphatic rings. The molecule has 0 saturated carbocycles. The van der Waals surface area contributed by atoms with Gasteiger partial charge in [0.2, 0.25) is 0 Å². The molecule has 1 aliphatic heterocycles. The maximum atomic E-state index is 12.9. The number of carbonyl (C=O) groups excluding carboxylic acids is 1. The lowest BCUT2D eigenvalue weighted by Crippen LogP contribution is -2.50. The molecule has 2 aromatic heterocycles. The Morgan fingerprint density at radius 3 is 2.48 bits per heavy atom. The number of nitrogens with zero attached hydrogens (tertiary/aromatic N) is 2. The summed E-state index contributed by atoms with van der Waals surface area (Å²) in [6.45, 7) is 5.90. The van der Waals surface area contributed by atoms with Gasteiger partial charge in [0.1, 0.15) is 16.6 Å². The van der Waals surface area contributed by atoms with E-state index in [1.807, 2.05) is 29.6 Å². The minimum absolute atomic E-state index is 0.0596. The predicted molar refractivity (Wildman–Crippen MR) is 124 cm³/mol. The third-order valence-corrected chi connectivity index (χ3v) is 9.60. The molecule has 1 fully saturated rings. The van der Waals surface area contributed by atoms with E-state index in [-0.39, 0.29) is 5.91 Å². The molecule has 0 bridgehead atoms. The van der Waals surface area contributed by atoms with Crippen molar-refractivity contribution in [2.45, 2.75) is 24.7 Å². The van der Waals surface area contributed by atoms with Crippen LogP contribution >= 0.6 is 22.7 Å². The van der Waals surface area contributed by atoms with Gasteiger partial charge in [-0.15, -0.1) is 22.7 Å². The second-order valence-corrected chi connectivity index (χ2v) is 11.5. The number of thiophene rings is 2. The zero-order chi connectivity index (χ0) is 22.0. The number of sulfonamides is 1. The van der Waals surface area contributed by atoms with Crippen LogP contribution in [0.25, 0.3) is 0 Å². The molecule has 1 aromatic carbocycles. The number of aryl methyl sites for hydroxylation is 2. The normalized spacial score (nSPS) is 15.2. The maximum absolute atomic E-state index is 12.9. The molecule has 31 heavy (non-hydrogen) atoms. The summed E-state index contributed by atoms with van der Waals surface area (Å²) in [6, 6.07) is 11.2. The average molecular weight is 477 g/mol. The van der Waals surface area contributed by atoms with Gasteiger partial charge < -0.3 is 9.64 Å². The molecule has 1 saturated heterocycles. The Morgan fingerprint density at radius 2 is 1.81 bits per heavy atom. The fourth-order valence-corrected chi connectivity index (χ4v) is 6.79. The van der Waals surface area contributed by atoms with Crippen LogP contribution in [0.1, 0.15) is 26.4 Å². The molecule has 0 atom stereocenters. The van der Waals surface area contributed by atoms with Crippen molar-refractivity contribution in [1.82, 2.24) is 9.21 Å². The molecule has 0 radical (unpaired) electrons. The van der Waals surface area contributed by atoms with Crippen molar-refractivity contribution in [2.24, 2.45) is 0 Å². The summed E-state index contributed by atoms with van der Waals surface area (Å²) in [4.78, 5) is 15.3. The Hall–Kier alpha value is -2.20. The van der Waals surface area contributed by atoms with E-state index in [4.69, 9.17) is 4.74 Å². The highest BCUT2D eigenvalue weighted by Crippen LogP contribution is 2.24. The van der Waals surface area contributed by atoms with Crippen molar-refractivity contribution in [3.8, 4) is 5.75 Å². The number of amides is 1. The van der Waals surface area contributed by atoms with E-state index in [2.05, 4.69) is 13.8 Å². The van der Waals surface area contributed by atoms with Gasteiger partial charge >= 0.3 is 0 Å². The zero-order valence-electron chi connectivity index (χ0n) is 17.4. The quantitative estimate of drug-likeness (QED) is 0.536. The van der Waals surface area contributed by atoms with Crippen molar-refractivity contribution in [3.05, 3.63) is 68.7 Å². The fraction of sp³-hybridized carbons (Fsp3) is 0.318. The van der Waals surface area contributed by atoms with Crippen LogP contribution in [0, 0.1) is 13.8 Å². The SMILES string of the molecule is Cc1ccc(OCc2csc(C(=O)N3CCN(S(=O)(=O)c4cccs4)CC3)c2)cc1C. The Labute approximate surface area is 190 Å². The maximum Gasteiger partial charge on any atom is 0.264 e. The number of carbonyl (C=O) groups is 1. The van der Waals surface area contributed by atoms with Crippen LogP contribution in [0.4, 0.5) is 0 Å². The molecule has 3 aromatic rings. The fourth-order valence-electron chi connectivity index (χ4n) is 3.36. The number of hydrogen-bond acceptors (Lipinski definition) is 6. The molecule has 9 heteroatoms. The molecular weight excluding hydrogens is 452 g/mol. The summed E-state index contributed by atoms with van der Waals surface area (Å²) in [5.41, 5.74) is 3.35. The second kappa shape index (κ2) is 9.12. The van der Waals surface area contributed by atoms with Crippen molar-refractivity contribution in [1.29, 1.82) is 0 Å². The van der Waals surface area contributed by atoms with Crippen LogP contribution < -0.4 is 4.74 Å². The van der Waals surface area contributed by atoms with E-state index < -0.39 is 10.0 Å². The Kier molecular flexibility index (Phi) is 6.47. The highest BCUT2D eigenvalue weighted by molar-refractivity contribution is 7.91. The third-order valence-electron chi connectivity index (χ3n) is 5.36. The first kappa shape index (κ1) is 22.0. The predicted octanol–water partition coefficient (Wildman–Crippen LogP) is 4.15. The van der Waals surface area contributed by atoms with Crippen LogP contribution in [0.15, 0.2) is 51.4 Å². The van der Waals surface area contributed by atoms with E-state index >= 15 is 0 Å². The minimum Gasteiger partial charge on any atom is -0.489 e. The monoisotopic (exact) mass is 476 g/mol. The zero-order valence-corrected chi connectivity index (χ0v) is 19.9. The van der Waals surface area contributed by atoms with Crippen LogP contribution in [-0.2, 0) is 16.6 Å². The Bertz CT molecular complexity index is 1160. The van der Waals surface area contributed by atoms with Crippen LogP contribution in [0.3, 0.4) is 0 Å². The molecule has 0 N–H and O–H groups in total. The van der Waals surface area contributed by atoms with Gasteiger partial charge in [-0.2, -0.15) is 4.31 Å². The number of ether oxygens (including phenoxy) is 1. The van der Waals surface area contributed by atoms with E-state index in [0.29, 0.717) is 41.9 Å². The topological polar surface area (TPSA) is 66.9 Å². The smallest absolute Gasteiger partial charge is 0.264 e. The molecule has 0 unspecified atom stereocenters. The molecule has 164 valence electrons. The number of rotatable bonds is 6. The largest absolute Gasteiger partial charge is 0.489 e. The van der Waals surface area contributed by atoms with Crippen LogP contribution in [0.5, 0.6) is 5.75 Å². The summed E-state index contributed by atoms with van der Waals surface area (Å²) in [7, 11) is -3.47. The number of piperazine rings is 1. The van der Waals surface area contributed by atoms with E-state index in [9.17, 15) is 13.2 Å². The standard InChI is InChI=1S/C22H24N2O4S3/c1-16-5-6-19(12-17(16)2)28-14-18-13-20(30-15-18)22(25)23-7-9-24(10-8-23)31(26,27)21-4-3-11-29-21/h3-6,11-13,15H,7-10,14H2,1-2H3. The van der Waals surface area contributed by atoms with Gasteiger partial charge in [0.25, 0.3) is 15.9 Å². The molecule has 3 heterocycles. The molecule has 1 amide bonds. The molecule has 6 nitrogen and oxygen atoms in total. The van der Waals surface area contributed by atoms with E-state index in [1.165, 1.54) is 38.1 Å².